The van der Waals surface area contributed by atoms with E-state index in [4.69, 9.17) is 4.74 Å². The number of rotatable bonds is 7. The molecule has 0 atom stereocenters. The topological polar surface area (TPSA) is 67.4 Å². The number of carbonyl (C=O) groups excluding carboxylic acids is 2. The molecule has 5 heteroatoms. The van der Waals surface area contributed by atoms with Crippen molar-refractivity contribution in [2.75, 3.05) is 17.2 Å². The molecular formula is C24H24N2O3. The number of nitrogens with one attached hydrogen (secondary N) is 2. The van der Waals surface area contributed by atoms with E-state index >= 15 is 0 Å². The quantitative estimate of drug-likeness (QED) is 0.578. The van der Waals surface area contributed by atoms with Crippen LogP contribution in [0.5, 0.6) is 5.75 Å². The van der Waals surface area contributed by atoms with Crippen molar-refractivity contribution < 1.29 is 14.3 Å². The van der Waals surface area contributed by atoms with Gasteiger partial charge < -0.3 is 15.4 Å². The number of para-hydroxylation sites is 1. The van der Waals surface area contributed by atoms with Crippen LogP contribution in [-0.2, 0) is 0 Å². The lowest BCUT2D eigenvalue weighted by atomic mass is 10.1. The SMILES string of the molecule is CCCOc1ccccc1C(=O)Nc1ccc(NC(=O)c2ccccc2)c(C)c1. The molecule has 5 nitrogen and oxygen atoms in total. The fraction of sp³-hybridized carbons (Fsp3) is 0.167. The van der Waals surface area contributed by atoms with E-state index in [-0.39, 0.29) is 11.8 Å². The molecule has 0 aliphatic rings. The van der Waals surface area contributed by atoms with Crippen molar-refractivity contribution in [2.45, 2.75) is 20.3 Å². The van der Waals surface area contributed by atoms with E-state index in [1.165, 1.54) is 0 Å². The third kappa shape index (κ3) is 5.23. The Morgan fingerprint density at radius 3 is 2.31 bits per heavy atom. The summed E-state index contributed by atoms with van der Waals surface area (Å²) in [5.74, 6) is 0.153. The largest absolute Gasteiger partial charge is 0.493 e. The molecule has 2 amide bonds. The Morgan fingerprint density at radius 1 is 0.862 bits per heavy atom. The van der Waals surface area contributed by atoms with Crippen LogP contribution in [-0.4, -0.2) is 18.4 Å². The summed E-state index contributed by atoms with van der Waals surface area (Å²) in [6.45, 7) is 4.46. The first-order valence-corrected chi connectivity index (χ1v) is 9.58. The summed E-state index contributed by atoms with van der Waals surface area (Å²) in [5, 5.41) is 5.80. The molecule has 0 radical (unpaired) electrons. The van der Waals surface area contributed by atoms with E-state index in [9.17, 15) is 9.59 Å². The predicted octanol–water partition coefficient (Wildman–Crippen LogP) is 5.29. The third-order valence-electron chi connectivity index (χ3n) is 4.36. The predicted molar refractivity (Wildman–Crippen MR) is 116 cm³/mol. The van der Waals surface area contributed by atoms with Gasteiger partial charge in [-0.1, -0.05) is 37.3 Å². The number of amides is 2. The fourth-order valence-corrected chi connectivity index (χ4v) is 2.86. The van der Waals surface area contributed by atoms with Crippen molar-refractivity contribution in [1.29, 1.82) is 0 Å². The maximum Gasteiger partial charge on any atom is 0.259 e. The Bertz CT molecular complexity index is 1000. The minimum absolute atomic E-state index is 0.174. The smallest absolute Gasteiger partial charge is 0.259 e. The van der Waals surface area contributed by atoms with E-state index in [0.717, 1.165) is 12.0 Å². The molecule has 0 aliphatic carbocycles. The van der Waals surface area contributed by atoms with Crippen LogP contribution in [0.25, 0.3) is 0 Å². The first-order chi connectivity index (χ1) is 14.1. The molecule has 29 heavy (non-hydrogen) atoms. The zero-order valence-corrected chi connectivity index (χ0v) is 16.6. The zero-order chi connectivity index (χ0) is 20.6. The molecule has 3 aromatic rings. The summed E-state index contributed by atoms with van der Waals surface area (Å²) in [6.07, 6.45) is 0.866. The summed E-state index contributed by atoms with van der Waals surface area (Å²) >= 11 is 0. The summed E-state index contributed by atoms with van der Waals surface area (Å²) in [6, 6.07) is 21.6. The Labute approximate surface area is 170 Å². The molecule has 3 rings (SSSR count). The van der Waals surface area contributed by atoms with Crippen LogP contribution >= 0.6 is 0 Å². The minimum Gasteiger partial charge on any atom is -0.493 e. The van der Waals surface area contributed by atoms with Gasteiger partial charge in [0.15, 0.2) is 0 Å². The summed E-state index contributed by atoms with van der Waals surface area (Å²) in [7, 11) is 0. The Balaban J connectivity index is 1.71. The molecule has 2 N–H and O–H groups in total. The number of carbonyl (C=O) groups is 2. The highest BCUT2D eigenvalue weighted by molar-refractivity contribution is 6.07. The second kappa shape index (κ2) is 9.55. The lowest BCUT2D eigenvalue weighted by molar-refractivity contribution is 0.101. The molecule has 0 spiro atoms. The first kappa shape index (κ1) is 20.1. The molecule has 0 unspecified atom stereocenters. The highest BCUT2D eigenvalue weighted by Crippen LogP contribution is 2.23. The van der Waals surface area contributed by atoms with Crippen molar-refractivity contribution in [3.8, 4) is 5.75 Å². The molecule has 148 valence electrons. The maximum absolute atomic E-state index is 12.7. The summed E-state index contributed by atoms with van der Waals surface area (Å²) < 4.78 is 5.67. The summed E-state index contributed by atoms with van der Waals surface area (Å²) in [4.78, 5) is 25.0. The van der Waals surface area contributed by atoms with Crippen LogP contribution in [0.2, 0.25) is 0 Å². The zero-order valence-electron chi connectivity index (χ0n) is 16.6. The van der Waals surface area contributed by atoms with Crippen LogP contribution in [0.3, 0.4) is 0 Å². The van der Waals surface area contributed by atoms with Crippen LogP contribution < -0.4 is 15.4 Å². The second-order valence-corrected chi connectivity index (χ2v) is 6.65. The van der Waals surface area contributed by atoms with Crippen molar-refractivity contribution in [3.05, 3.63) is 89.5 Å². The monoisotopic (exact) mass is 388 g/mol. The van der Waals surface area contributed by atoms with E-state index in [2.05, 4.69) is 10.6 Å². The van der Waals surface area contributed by atoms with E-state index in [0.29, 0.717) is 34.9 Å². The Kier molecular flexibility index (Phi) is 6.63. The fourth-order valence-electron chi connectivity index (χ4n) is 2.86. The number of ether oxygens (including phenoxy) is 1. The average molecular weight is 388 g/mol. The van der Waals surface area contributed by atoms with E-state index in [1.807, 2.05) is 44.2 Å². The van der Waals surface area contributed by atoms with Crippen LogP contribution in [0, 0.1) is 6.92 Å². The number of hydrogen-bond acceptors (Lipinski definition) is 3. The van der Waals surface area contributed by atoms with Gasteiger partial charge in [0, 0.05) is 16.9 Å². The molecule has 0 bridgehead atoms. The van der Waals surface area contributed by atoms with E-state index < -0.39 is 0 Å². The van der Waals surface area contributed by atoms with Gasteiger partial charge in [-0.25, -0.2) is 0 Å². The third-order valence-corrected chi connectivity index (χ3v) is 4.36. The summed E-state index contributed by atoms with van der Waals surface area (Å²) in [5.41, 5.74) is 3.27. The van der Waals surface area contributed by atoms with Gasteiger partial charge in [0.1, 0.15) is 5.75 Å². The molecule has 3 aromatic carbocycles. The molecule has 0 aliphatic heterocycles. The molecule has 0 saturated heterocycles. The normalized spacial score (nSPS) is 10.3. The van der Waals surface area contributed by atoms with Crippen LogP contribution in [0.15, 0.2) is 72.8 Å². The molecule has 0 saturated carbocycles. The standard InChI is InChI=1S/C24H24N2O3/c1-3-15-29-22-12-8-7-11-20(22)24(28)25-19-13-14-21(17(2)16-19)26-23(27)18-9-5-4-6-10-18/h4-14,16H,3,15H2,1-2H3,(H,25,28)(H,26,27). The Hall–Kier alpha value is -3.60. The van der Waals surface area contributed by atoms with Gasteiger partial charge >= 0.3 is 0 Å². The van der Waals surface area contributed by atoms with Gasteiger partial charge in [0.2, 0.25) is 0 Å². The van der Waals surface area contributed by atoms with Crippen molar-refractivity contribution in [3.63, 3.8) is 0 Å². The molecule has 0 aromatic heterocycles. The lowest BCUT2D eigenvalue weighted by Gasteiger charge is -2.13. The van der Waals surface area contributed by atoms with Crippen molar-refractivity contribution in [1.82, 2.24) is 0 Å². The Morgan fingerprint density at radius 2 is 1.59 bits per heavy atom. The molecule has 0 fully saturated rings. The van der Waals surface area contributed by atoms with Gasteiger partial charge in [-0.2, -0.15) is 0 Å². The van der Waals surface area contributed by atoms with Gasteiger partial charge in [0.25, 0.3) is 11.8 Å². The molecular weight excluding hydrogens is 364 g/mol. The number of aryl methyl sites for hydroxylation is 1. The average Bonchev–Trinajstić information content (AvgIpc) is 2.75. The maximum atomic E-state index is 12.7. The first-order valence-electron chi connectivity index (χ1n) is 9.58. The van der Waals surface area contributed by atoms with Gasteiger partial charge in [-0.3, -0.25) is 9.59 Å². The van der Waals surface area contributed by atoms with Gasteiger partial charge in [-0.15, -0.1) is 0 Å². The second-order valence-electron chi connectivity index (χ2n) is 6.65. The van der Waals surface area contributed by atoms with Crippen LogP contribution in [0.1, 0.15) is 39.6 Å². The number of hydrogen-bond donors (Lipinski definition) is 2. The minimum atomic E-state index is -0.239. The van der Waals surface area contributed by atoms with Gasteiger partial charge in [0.05, 0.1) is 12.2 Å². The van der Waals surface area contributed by atoms with Crippen molar-refractivity contribution in [2.24, 2.45) is 0 Å². The number of benzene rings is 3. The van der Waals surface area contributed by atoms with Crippen molar-refractivity contribution >= 4 is 23.2 Å². The molecule has 0 heterocycles. The van der Waals surface area contributed by atoms with Crippen LogP contribution in [0.4, 0.5) is 11.4 Å². The highest BCUT2D eigenvalue weighted by atomic mass is 16.5. The van der Waals surface area contributed by atoms with E-state index in [1.54, 1.807) is 42.5 Å². The van der Waals surface area contributed by atoms with Gasteiger partial charge in [-0.05, 0) is 61.4 Å². The number of anilines is 2. The highest BCUT2D eigenvalue weighted by Gasteiger charge is 2.13. The lowest BCUT2D eigenvalue weighted by Crippen LogP contribution is -2.15.